The molecule has 0 saturated carbocycles. The van der Waals surface area contributed by atoms with Crippen LogP contribution in [0.3, 0.4) is 0 Å². The lowest BCUT2D eigenvalue weighted by atomic mass is 10.2. The zero-order chi connectivity index (χ0) is 12.5. The van der Waals surface area contributed by atoms with Gasteiger partial charge in [-0.2, -0.15) is 5.10 Å². The maximum Gasteiger partial charge on any atom is 0.244 e. The first-order valence-electron chi connectivity index (χ1n) is 5.75. The van der Waals surface area contributed by atoms with Gasteiger partial charge in [-0.3, -0.25) is 5.10 Å². The van der Waals surface area contributed by atoms with Crippen LogP contribution >= 0.6 is 0 Å². The summed E-state index contributed by atoms with van der Waals surface area (Å²) in [6.07, 6.45) is 2.13. The molecule has 0 amide bonds. The van der Waals surface area contributed by atoms with Crippen LogP contribution in [0.25, 0.3) is 0 Å². The number of aromatic amines is 1. The predicted molar refractivity (Wildman–Crippen MR) is 64.3 cm³/mol. The smallest absolute Gasteiger partial charge is 0.244 e. The van der Waals surface area contributed by atoms with E-state index < -0.39 is 10.0 Å². The lowest BCUT2D eigenvalue weighted by Crippen LogP contribution is -2.37. The van der Waals surface area contributed by atoms with Crippen LogP contribution in [-0.2, 0) is 10.0 Å². The molecule has 7 heteroatoms. The van der Waals surface area contributed by atoms with Gasteiger partial charge in [-0.05, 0) is 33.2 Å². The lowest BCUT2D eigenvalue weighted by Gasteiger charge is -2.12. The number of H-pyrrole nitrogens is 1. The van der Waals surface area contributed by atoms with Crippen LogP contribution in [0, 0.1) is 13.8 Å². The van der Waals surface area contributed by atoms with Crippen molar-refractivity contribution in [2.45, 2.75) is 37.6 Å². The van der Waals surface area contributed by atoms with E-state index >= 15 is 0 Å². The molecule has 0 unspecified atom stereocenters. The Hall–Kier alpha value is -0.920. The maximum absolute atomic E-state index is 12.1. The first kappa shape index (κ1) is 12.5. The molecule has 1 fully saturated rings. The van der Waals surface area contributed by atoms with Crippen LogP contribution < -0.4 is 10.0 Å². The molecule has 2 heterocycles. The van der Waals surface area contributed by atoms with E-state index in [4.69, 9.17) is 0 Å². The van der Waals surface area contributed by atoms with Crippen molar-refractivity contribution >= 4 is 10.0 Å². The molecule has 6 nitrogen and oxygen atoms in total. The van der Waals surface area contributed by atoms with Gasteiger partial charge in [0.05, 0.1) is 11.4 Å². The predicted octanol–water partition coefficient (Wildman–Crippen LogP) is 0.0568. The molecule has 1 aliphatic rings. The normalized spacial score (nSPS) is 20.9. The fraction of sp³-hybridized carbons (Fsp3) is 0.700. The lowest BCUT2D eigenvalue weighted by molar-refractivity contribution is 0.551. The summed E-state index contributed by atoms with van der Waals surface area (Å²) in [5, 5.41) is 9.84. The summed E-state index contributed by atoms with van der Waals surface area (Å²) in [4.78, 5) is 0.274. The van der Waals surface area contributed by atoms with Crippen molar-refractivity contribution in [3.8, 4) is 0 Å². The highest BCUT2D eigenvalue weighted by Gasteiger charge is 2.24. The molecule has 0 aliphatic carbocycles. The molecule has 1 aromatic heterocycles. The summed E-state index contributed by atoms with van der Waals surface area (Å²) >= 11 is 0. The van der Waals surface area contributed by atoms with Crippen LogP contribution in [0.2, 0.25) is 0 Å². The zero-order valence-electron chi connectivity index (χ0n) is 10.1. The van der Waals surface area contributed by atoms with Crippen molar-refractivity contribution in [1.29, 1.82) is 0 Å². The van der Waals surface area contributed by atoms with E-state index in [1.54, 1.807) is 13.8 Å². The number of sulfonamides is 1. The van der Waals surface area contributed by atoms with E-state index in [0.29, 0.717) is 17.9 Å². The van der Waals surface area contributed by atoms with E-state index in [9.17, 15) is 8.42 Å². The third-order valence-corrected chi connectivity index (χ3v) is 4.70. The molecule has 96 valence electrons. The van der Waals surface area contributed by atoms with Crippen molar-refractivity contribution in [2.24, 2.45) is 0 Å². The maximum atomic E-state index is 12.1. The first-order valence-corrected chi connectivity index (χ1v) is 7.23. The summed E-state index contributed by atoms with van der Waals surface area (Å²) in [5.41, 5.74) is 1.09. The van der Waals surface area contributed by atoms with Gasteiger partial charge in [0.25, 0.3) is 0 Å². The molecule has 1 atom stereocenters. The van der Waals surface area contributed by atoms with Crippen LogP contribution in [-0.4, -0.2) is 37.7 Å². The topological polar surface area (TPSA) is 86.9 Å². The van der Waals surface area contributed by atoms with E-state index in [-0.39, 0.29) is 10.9 Å². The second kappa shape index (κ2) is 4.75. The van der Waals surface area contributed by atoms with Gasteiger partial charge in [-0.25, -0.2) is 13.1 Å². The summed E-state index contributed by atoms with van der Waals surface area (Å²) in [6, 6.07) is 0.247. The minimum absolute atomic E-state index is 0.247. The van der Waals surface area contributed by atoms with Gasteiger partial charge in [-0.1, -0.05) is 0 Å². The highest BCUT2D eigenvalue weighted by molar-refractivity contribution is 7.89. The Kier molecular flexibility index (Phi) is 3.50. The number of nitrogens with zero attached hydrogens (tertiary/aromatic N) is 1. The van der Waals surface area contributed by atoms with Crippen LogP contribution in [0.1, 0.15) is 24.2 Å². The fourth-order valence-corrected chi connectivity index (χ4v) is 3.60. The van der Waals surface area contributed by atoms with Crippen molar-refractivity contribution in [2.75, 3.05) is 13.1 Å². The molecule has 0 aromatic carbocycles. The van der Waals surface area contributed by atoms with Crippen molar-refractivity contribution in [3.63, 3.8) is 0 Å². The van der Waals surface area contributed by atoms with Gasteiger partial charge >= 0.3 is 0 Å². The molecule has 1 aromatic rings. The fourth-order valence-electron chi connectivity index (χ4n) is 2.15. The van der Waals surface area contributed by atoms with Gasteiger partial charge in [0.15, 0.2) is 0 Å². The number of hydrogen-bond acceptors (Lipinski definition) is 4. The molecule has 0 bridgehead atoms. The summed E-state index contributed by atoms with van der Waals surface area (Å²) in [5.74, 6) is 0. The SMILES string of the molecule is Cc1n[nH]c(C)c1S(=O)(=O)NC[C@@H]1CCCN1. The Balaban J connectivity index is 2.08. The average molecular weight is 258 g/mol. The van der Waals surface area contributed by atoms with Gasteiger partial charge in [0.2, 0.25) is 10.0 Å². The molecule has 1 aliphatic heterocycles. The molecule has 2 rings (SSSR count). The third kappa shape index (κ3) is 2.67. The van der Waals surface area contributed by atoms with Gasteiger partial charge in [0.1, 0.15) is 4.90 Å². The monoisotopic (exact) mass is 258 g/mol. The molecule has 17 heavy (non-hydrogen) atoms. The van der Waals surface area contributed by atoms with E-state index in [2.05, 4.69) is 20.2 Å². The minimum atomic E-state index is -3.45. The Morgan fingerprint density at radius 1 is 1.47 bits per heavy atom. The van der Waals surface area contributed by atoms with Crippen LogP contribution in [0.5, 0.6) is 0 Å². The van der Waals surface area contributed by atoms with E-state index in [0.717, 1.165) is 19.4 Å². The second-order valence-electron chi connectivity index (χ2n) is 4.41. The Morgan fingerprint density at radius 3 is 2.76 bits per heavy atom. The summed E-state index contributed by atoms with van der Waals surface area (Å²) in [6.45, 7) is 4.80. The Labute approximate surface area is 101 Å². The minimum Gasteiger partial charge on any atom is -0.313 e. The molecule has 1 saturated heterocycles. The second-order valence-corrected chi connectivity index (χ2v) is 6.11. The third-order valence-electron chi connectivity index (χ3n) is 3.01. The molecule has 3 N–H and O–H groups in total. The average Bonchev–Trinajstić information content (AvgIpc) is 2.86. The van der Waals surface area contributed by atoms with Crippen LogP contribution in [0.4, 0.5) is 0 Å². The van der Waals surface area contributed by atoms with Crippen molar-refractivity contribution in [3.05, 3.63) is 11.4 Å². The Morgan fingerprint density at radius 2 is 2.24 bits per heavy atom. The van der Waals surface area contributed by atoms with Crippen molar-refractivity contribution in [1.82, 2.24) is 20.2 Å². The summed E-state index contributed by atoms with van der Waals surface area (Å²) in [7, 11) is -3.45. The van der Waals surface area contributed by atoms with Crippen LogP contribution in [0.15, 0.2) is 4.90 Å². The zero-order valence-corrected chi connectivity index (χ0v) is 10.9. The number of rotatable bonds is 4. The number of hydrogen-bond donors (Lipinski definition) is 3. The molecular weight excluding hydrogens is 240 g/mol. The van der Waals surface area contributed by atoms with Gasteiger partial charge < -0.3 is 5.32 Å². The van der Waals surface area contributed by atoms with Gasteiger partial charge in [0, 0.05) is 12.6 Å². The first-order chi connectivity index (χ1) is 8.00. The molecule has 0 spiro atoms. The molecule has 0 radical (unpaired) electrons. The number of aromatic nitrogens is 2. The van der Waals surface area contributed by atoms with E-state index in [1.165, 1.54) is 0 Å². The largest absolute Gasteiger partial charge is 0.313 e. The Bertz CT molecular complexity index is 469. The van der Waals surface area contributed by atoms with Gasteiger partial charge in [-0.15, -0.1) is 0 Å². The molecular formula is C10H18N4O2S. The van der Waals surface area contributed by atoms with E-state index in [1.807, 2.05) is 0 Å². The summed E-state index contributed by atoms with van der Waals surface area (Å²) < 4.78 is 26.8. The highest BCUT2D eigenvalue weighted by atomic mass is 32.2. The highest BCUT2D eigenvalue weighted by Crippen LogP contribution is 2.16. The number of nitrogens with one attached hydrogen (secondary N) is 3. The quantitative estimate of drug-likeness (QED) is 0.712. The standard InChI is InChI=1S/C10H18N4O2S/c1-7-10(8(2)14-13-7)17(15,16)12-6-9-4-3-5-11-9/h9,11-12H,3-6H2,1-2H3,(H,13,14)/t9-/m0/s1. The number of aryl methyl sites for hydroxylation is 2. The van der Waals surface area contributed by atoms with Crippen molar-refractivity contribution < 1.29 is 8.42 Å².